The highest BCUT2D eigenvalue weighted by Crippen LogP contribution is 2.28. The Morgan fingerprint density at radius 3 is 2.48 bits per heavy atom. The minimum absolute atomic E-state index is 0.0432. The van der Waals surface area contributed by atoms with Crippen LogP contribution in [0.15, 0.2) is 42.5 Å². The lowest BCUT2D eigenvalue weighted by Crippen LogP contribution is -2.13. The molecular formula is C14H11ClN2O4. The molecule has 108 valence electrons. The Balaban J connectivity index is 2.24. The molecule has 0 bridgehead atoms. The van der Waals surface area contributed by atoms with Crippen molar-refractivity contribution >= 4 is 28.9 Å². The third-order valence-electron chi connectivity index (χ3n) is 2.77. The van der Waals surface area contributed by atoms with Crippen LogP contribution in [0.5, 0.6) is 5.75 Å². The standard InChI is InChI=1S/C14H11ClN2O4/c1-21-10-7-5-9(6-8-10)16-14(18)11-3-2-4-12(13(11)15)17(19)20/h2-8H,1H3,(H,16,18). The number of hydrogen-bond donors (Lipinski definition) is 1. The second-order valence-electron chi connectivity index (χ2n) is 4.08. The average molecular weight is 307 g/mol. The number of nitro benzene ring substituents is 1. The number of anilines is 1. The number of hydrogen-bond acceptors (Lipinski definition) is 4. The van der Waals surface area contributed by atoms with E-state index >= 15 is 0 Å². The van der Waals surface area contributed by atoms with Crippen LogP contribution in [0.4, 0.5) is 11.4 Å². The predicted octanol–water partition coefficient (Wildman–Crippen LogP) is 3.51. The zero-order valence-corrected chi connectivity index (χ0v) is 11.8. The fraction of sp³-hybridized carbons (Fsp3) is 0.0714. The van der Waals surface area contributed by atoms with E-state index in [1.165, 1.54) is 25.3 Å². The molecule has 0 aliphatic heterocycles. The lowest BCUT2D eigenvalue weighted by molar-refractivity contribution is -0.384. The van der Waals surface area contributed by atoms with Gasteiger partial charge in [0, 0.05) is 11.8 Å². The lowest BCUT2D eigenvalue weighted by Gasteiger charge is -2.07. The molecule has 2 rings (SSSR count). The summed E-state index contributed by atoms with van der Waals surface area (Å²) in [7, 11) is 1.54. The zero-order chi connectivity index (χ0) is 15.4. The molecule has 0 heterocycles. The quantitative estimate of drug-likeness (QED) is 0.692. The Kier molecular flexibility index (Phi) is 4.39. The zero-order valence-electron chi connectivity index (χ0n) is 11.0. The molecule has 0 atom stereocenters. The number of benzene rings is 2. The fourth-order valence-corrected chi connectivity index (χ4v) is 1.99. The normalized spacial score (nSPS) is 10.0. The van der Waals surface area contributed by atoms with Crippen LogP contribution in [0.1, 0.15) is 10.4 Å². The van der Waals surface area contributed by atoms with Gasteiger partial charge >= 0.3 is 0 Å². The highest BCUT2D eigenvalue weighted by molar-refractivity contribution is 6.36. The van der Waals surface area contributed by atoms with Crippen molar-refractivity contribution in [3.63, 3.8) is 0 Å². The van der Waals surface area contributed by atoms with E-state index in [1.807, 2.05) is 0 Å². The number of halogens is 1. The van der Waals surface area contributed by atoms with Crippen LogP contribution >= 0.6 is 11.6 Å². The van der Waals surface area contributed by atoms with Crippen molar-refractivity contribution in [1.82, 2.24) is 0 Å². The monoisotopic (exact) mass is 306 g/mol. The Labute approximate surface area is 125 Å². The van der Waals surface area contributed by atoms with Gasteiger partial charge < -0.3 is 10.1 Å². The first-order valence-corrected chi connectivity index (χ1v) is 6.29. The van der Waals surface area contributed by atoms with E-state index in [0.29, 0.717) is 11.4 Å². The summed E-state index contributed by atoms with van der Waals surface area (Å²) in [6.45, 7) is 0. The van der Waals surface area contributed by atoms with Gasteiger partial charge in [-0.15, -0.1) is 0 Å². The molecule has 0 aromatic heterocycles. The number of nitrogens with one attached hydrogen (secondary N) is 1. The molecule has 2 aromatic rings. The van der Waals surface area contributed by atoms with Gasteiger partial charge in [-0.05, 0) is 30.3 Å². The first-order chi connectivity index (χ1) is 10.0. The smallest absolute Gasteiger partial charge is 0.288 e. The van der Waals surface area contributed by atoms with E-state index in [9.17, 15) is 14.9 Å². The molecule has 0 saturated carbocycles. The summed E-state index contributed by atoms with van der Waals surface area (Å²) in [6, 6.07) is 10.8. The van der Waals surface area contributed by atoms with Gasteiger partial charge in [0.05, 0.1) is 17.6 Å². The average Bonchev–Trinajstić information content (AvgIpc) is 2.47. The van der Waals surface area contributed by atoms with Crippen molar-refractivity contribution in [2.45, 2.75) is 0 Å². The third-order valence-corrected chi connectivity index (χ3v) is 3.16. The highest BCUT2D eigenvalue weighted by Gasteiger charge is 2.19. The topological polar surface area (TPSA) is 81.5 Å². The number of ether oxygens (including phenoxy) is 1. The second kappa shape index (κ2) is 6.23. The molecule has 1 N–H and O–H groups in total. The van der Waals surface area contributed by atoms with Crippen molar-refractivity contribution in [2.24, 2.45) is 0 Å². The van der Waals surface area contributed by atoms with Crippen molar-refractivity contribution < 1.29 is 14.5 Å². The first kappa shape index (κ1) is 14.8. The van der Waals surface area contributed by atoms with Gasteiger partial charge in [-0.25, -0.2) is 0 Å². The molecule has 0 aliphatic carbocycles. The van der Waals surface area contributed by atoms with Crippen LogP contribution in [0.25, 0.3) is 0 Å². The second-order valence-corrected chi connectivity index (χ2v) is 4.46. The Morgan fingerprint density at radius 2 is 1.90 bits per heavy atom. The summed E-state index contributed by atoms with van der Waals surface area (Å²) in [5, 5.41) is 13.2. The van der Waals surface area contributed by atoms with Gasteiger partial charge in [0.25, 0.3) is 11.6 Å². The molecule has 0 unspecified atom stereocenters. The van der Waals surface area contributed by atoms with Gasteiger partial charge in [0.1, 0.15) is 10.8 Å². The van der Waals surface area contributed by atoms with Gasteiger partial charge in [-0.3, -0.25) is 14.9 Å². The minimum atomic E-state index is -0.632. The Morgan fingerprint density at radius 1 is 1.24 bits per heavy atom. The molecule has 21 heavy (non-hydrogen) atoms. The van der Waals surface area contributed by atoms with Crippen molar-refractivity contribution in [3.8, 4) is 5.75 Å². The largest absolute Gasteiger partial charge is 0.497 e. The molecule has 0 fully saturated rings. The Bertz CT molecular complexity index is 686. The molecule has 1 amide bonds. The first-order valence-electron chi connectivity index (χ1n) is 5.91. The maximum Gasteiger partial charge on any atom is 0.288 e. The number of carbonyl (C=O) groups is 1. The lowest BCUT2D eigenvalue weighted by atomic mass is 10.2. The summed E-state index contributed by atoms with van der Waals surface area (Å²) in [6.07, 6.45) is 0. The summed E-state index contributed by atoms with van der Waals surface area (Å²) >= 11 is 5.89. The summed E-state index contributed by atoms with van der Waals surface area (Å²) in [5.74, 6) is 0.134. The molecule has 0 saturated heterocycles. The van der Waals surface area contributed by atoms with Crippen LogP contribution in [-0.2, 0) is 0 Å². The molecule has 7 heteroatoms. The van der Waals surface area contributed by atoms with E-state index in [0.717, 1.165) is 0 Å². The van der Waals surface area contributed by atoms with Gasteiger partial charge in [0.2, 0.25) is 0 Å². The van der Waals surface area contributed by atoms with Crippen LogP contribution in [-0.4, -0.2) is 17.9 Å². The molecule has 6 nitrogen and oxygen atoms in total. The number of rotatable bonds is 4. The van der Waals surface area contributed by atoms with Crippen LogP contribution in [0.3, 0.4) is 0 Å². The fourth-order valence-electron chi connectivity index (χ4n) is 1.71. The number of amides is 1. The summed E-state index contributed by atoms with van der Waals surface area (Å²) in [5.41, 5.74) is 0.268. The van der Waals surface area contributed by atoms with Crippen LogP contribution in [0.2, 0.25) is 5.02 Å². The predicted molar refractivity (Wildman–Crippen MR) is 79.1 cm³/mol. The van der Waals surface area contributed by atoms with Gasteiger partial charge in [0.15, 0.2) is 0 Å². The highest BCUT2D eigenvalue weighted by atomic mass is 35.5. The van der Waals surface area contributed by atoms with E-state index in [-0.39, 0.29) is 16.3 Å². The van der Waals surface area contributed by atoms with Gasteiger partial charge in [-0.2, -0.15) is 0 Å². The number of carbonyl (C=O) groups excluding carboxylic acids is 1. The SMILES string of the molecule is COc1ccc(NC(=O)c2cccc([N+](=O)[O-])c2Cl)cc1. The van der Waals surface area contributed by atoms with Crippen LogP contribution in [0, 0.1) is 10.1 Å². The number of methoxy groups -OCH3 is 1. The van der Waals surface area contributed by atoms with Crippen molar-refractivity contribution in [2.75, 3.05) is 12.4 Å². The maximum absolute atomic E-state index is 12.1. The molecule has 2 aromatic carbocycles. The molecule has 0 spiro atoms. The van der Waals surface area contributed by atoms with E-state index in [4.69, 9.17) is 16.3 Å². The molecule has 0 aliphatic rings. The number of nitro groups is 1. The minimum Gasteiger partial charge on any atom is -0.497 e. The van der Waals surface area contributed by atoms with E-state index in [1.54, 1.807) is 24.3 Å². The van der Waals surface area contributed by atoms with E-state index < -0.39 is 10.8 Å². The van der Waals surface area contributed by atoms with E-state index in [2.05, 4.69) is 5.32 Å². The maximum atomic E-state index is 12.1. The third kappa shape index (κ3) is 3.29. The van der Waals surface area contributed by atoms with Crippen LogP contribution < -0.4 is 10.1 Å². The summed E-state index contributed by atoms with van der Waals surface area (Å²) < 4.78 is 5.01. The summed E-state index contributed by atoms with van der Waals surface area (Å²) in [4.78, 5) is 22.3. The van der Waals surface area contributed by atoms with Gasteiger partial charge in [-0.1, -0.05) is 17.7 Å². The Hall–Kier alpha value is -2.60. The van der Waals surface area contributed by atoms with Crippen molar-refractivity contribution in [1.29, 1.82) is 0 Å². The molecule has 0 radical (unpaired) electrons. The molecular weight excluding hydrogens is 296 g/mol. The number of nitrogens with zero attached hydrogens (tertiary/aromatic N) is 1. The van der Waals surface area contributed by atoms with Crippen molar-refractivity contribution in [3.05, 3.63) is 63.2 Å².